The maximum atomic E-state index is 4.53. The molecular weight excluding hydrogens is 196 g/mol. The van der Waals surface area contributed by atoms with Gasteiger partial charge in [-0.05, 0) is 18.9 Å². The van der Waals surface area contributed by atoms with Gasteiger partial charge >= 0.3 is 0 Å². The summed E-state index contributed by atoms with van der Waals surface area (Å²) in [6.45, 7) is 2.25. The second kappa shape index (κ2) is 14.0. The summed E-state index contributed by atoms with van der Waals surface area (Å²) in [5, 5.41) is 0. The first kappa shape index (κ1) is 15.0. The highest BCUT2D eigenvalue weighted by molar-refractivity contribution is 5.09. The van der Waals surface area contributed by atoms with Crippen molar-refractivity contribution >= 4 is 0 Å². The molecule has 1 nitrogen and oxygen atoms in total. The van der Waals surface area contributed by atoms with Crippen LogP contribution < -0.4 is 0 Å². The smallest absolute Gasteiger partial charge is 0.121 e. The van der Waals surface area contributed by atoms with Crippen LogP contribution in [0.1, 0.15) is 51.9 Å². The lowest BCUT2D eigenvalue weighted by molar-refractivity contribution is 0.394. The van der Waals surface area contributed by atoms with Crippen LogP contribution in [-0.4, -0.2) is 0 Å². The zero-order valence-corrected chi connectivity index (χ0v) is 10.5. The molecule has 0 rings (SSSR count). The average Bonchev–Trinajstić information content (AvgIpc) is 2.31. The predicted octanol–water partition coefficient (Wildman–Crippen LogP) is 5.17. The molecule has 0 aliphatic carbocycles. The molecule has 0 aliphatic rings. The number of allylic oxidation sites excluding steroid dienone is 5. The molecule has 16 heavy (non-hydrogen) atoms. The first-order valence-corrected chi connectivity index (χ1v) is 6.31. The number of rotatable bonds is 10. The molecule has 0 fully saturated rings. The molecule has 0 unspecified atom stereocenters. The molecule has 0 aromatic carbocycles. The summed E-state index contributed by atoms with van der Waals surface area (Å²) in [5.74, 6) is 0. The van der Waals surface area contributed by atoms with Crippen molar-refractivity contribution < 1.29 is 4.74 Å². The third-order valence-electron chi connectivity index (χ3n) is 2.37. The molecular formula is C15H25O. The Morgan fingerprint density at radius 3 is 2.31 bits per heavy atom. The molecule has 0 saturated heterocycles. The Kier molecular flexibility index (Phi) is 13.2. The Labute approximate surface area is 101 Å². The van der Waals surface area contributed by atoms with Crippen molar-refractivity contribution in [1.29, 1.82) is 0 Å². The largest absolute Gasteiger partial charge is 0.498 e. The highest BCUT2D eigenvalue weighted by Gasteiger charge is 1.87. The van der Waals surface area contributed by atoms with Crippen LogP contribution in [0, 0.1) is 7.11 Å². The van der Waals surface area contributed by atoms with Gasteiger partial charge in [-0.15, -0.1) is 0 Å². The van der Waals surface area contributed by atoms with Gasteiger partial charge in [0.15, 0.2) is 0 Å². The van der Waals surface area contributed by atoms with Crippen molar-refractivity contribution in [2.45, 2.75) is 51.9 Å². The Hall–Kier alpha value is -0.980. The monoisotopic (exact) mass is 221 g/mol. The highest BCUT2D eigenvalue weighted by atomic mass is 16.5. The van der Waals surface area contributed by atoms with E-state index in [1.807, 2.05) is 18.2 Å². The van der Waals surface area contributed by atoms with E-state index in [2.05, 4.69) is 30.9 Å². The van der Waals surface area contributed by atoms with E-state index in [0.29, 0.717) is 0 Å². The van der Waals surface area contributed by atoms with Crippen molar-refractivity contribution in [3.05, 3.63) is 43.8 Å². The summed E-state index contributed by atoms with van der Waals surface area (Å²) in [6, 6.07) is 0. The molecule has 0 aliphatic heterocycles. The normalized spacial score (nSPS) is 12.1. The Bertz CT molecular complexity index is 201. The molecule has 91 valence electrons. The predicted molar refractivity (Wildman–Crippen MR) is 71.9 cm³/mol. The SMILES string of the molecule is [CH2]O/C=C/C=C/C=C/CCCCCCCC. The van der Waals surface area contributed by atoms with E-state index in [4.69, 9.17) is 0 Å². The van der Waals surface area contributed by atoms with Gasteiger partial charge in [-0.2, -0.15) is 0 Å². The van der Waals surface area contributed by atoms with Crippen LogP contribution in [0.4, 0.5) is 0 Å². The first-order valence-electron chi connectivity index (χ1n) is 6.31. The zero-order valence-electron chi connectivity index (χ0n) is 10.5. The van der Waals surface area contributed by atoms with Crippen LogP contribution in [0.15, 0.2) is 36.6 Å². The number of unbranched alkanes of at least 4 members (excludes halogenated alkanes) is 6. The number of hydrogen-bond acceptors (Lipinski definition) is 1. The molecule has 0 heterocycles. The Morgan fingerprint density at radius 1 is 0.875 bits per heavy atom. The van der Waals surface area contributed by atoms with Crippen LogP contribution in [0.25, 0.3) is 0 Å². The summed E-state index contributed by atoms with van der Waals surface area (Å²) in [5.41, 5.74) is 0. The second-order valence-electron chi connectivity index (χ2n) is 3.86. The van der Waals surface area contributed by atoms with Gasteiger partial charge in [-0.3, -0.25) is 0 Å². The van der Waals surface area contributed by atoms with Gasteiger partial charge in [0.05, 0.1) is 6.26 Å². The van der Waals surface area contributed by atoms with Crippen molar-refractivity contribution in [2.75, 3.05) is 0 Å². The van der Waals surface area contributed by atoms with Crippen molar-refractivity contribution in [3.63, 3.8) is 0 Å². The van der Waals surface area contributed by atoms with E-state index in [1.165, 1.54) is 44.9 Å². The minimum absolute atomic E-state index is 1.19. The molecule has 0 spiro atoms. The Morgan fingerprint density at radius 2 is 1.56 bits per heavy atom. The second-order valence-corrected chi connectivity index (χ2v) is 3.86. The van der Waals surface area contributed by atoms with Gasteiger partial charge in [0.2, 0.25) is 0 Å². The van der Waals surface area contributed by atoms with E-state index >= 15 is 0 Å². The zero-order chi connectivity index (χ0) is 11.9. The lowest BCUT2D eigenvalue weighted by Gasteiger charge is -1.97. The summed E-state index contributed by atoms with van der Waals surface area (Å²) in [6.07, 6.45) is 21.0. The van der Waals surface area contributed by atoms with Crippen molar-refractivity contribution in [3.8, 4) is 0 Å². The van der Waals surface area contributed by atoms with Crippen molar-refractivity contribution in [2.24, 2.45) is 0 Å². The summed E-state index contributed by atoms with van der Waals surface area (Å²) < 4.78 is 4.53. The fourth-order valence-corrected chi connectivity index (χ4v) is 1.45. The maximum absolute atomic E-state index is 4.53. The fourth-order valence-electron chi connectivity index (χ4n) is 1.45. The highest BCUT2D eigenvalue weighted by Crippen LogP contribution is 2.07. The van der Waals surface area contributed by atoms with E-state index < -0.39 is 0 Å². The van der Waals surface area contributed by atoms with Gasteiger partial charge in [0.25, 0.3) is 0 Å². The fraction of sp³-hybridized carbons (Fsp3) is 0.533. The standard InChI is InChI=1S/C15H25O/c1-3-4-5-6-7-8-9-10-11-12-13-14-15-16-2/h10-15H,2-9H2,1H3/b11-10+,13-12+,15-14+. The van der Waals surface area contributed by atoms with E-state index in [-0.39, 0.29) is 0 Å². The Balaban J connectivity index is 3.21. The molecule has 0 N–H and O–H groups in total. The maximum Gasteiger partial charge on any atom is 0.121 e. The molecule has 0 aromatic heterocycles. The molecule has 1 radical (unpaired) electrons. The summed E-state index contributed by atoms with van der Waals surface area (Å²) in [7, 11) is 3.24. The van der Waals surface area contributed by atoms with Gasteiger partial charge in [-0.1, -0.05) is 63.3 Å². The third-order valence-corrected chi connectivity index (χ3v) is 2.37. The molecule has 1 heteroatoms. The van der Waals surface area contributed by atoms with Gasteiger partial charge in [-0.25, -0.2) is 0 Å². The third kappa shape index (κ3) is 13.0. The van der Waals surface area contributed by atoms with E-state index in [9.17, 15) is 0 Å². The van der Waals surface area contributed by atoms with Crippen LogP contribution in [0.2, 0.25) is 0 Å². The van der Waals surface area contributed by atoms with Crippen LogP contribution in [0.3, 0.4) is 0 Å². The van der Waals surface area contributed by atoms with Gasteiger partial charge in [0.1, 0.15) is 7.11 Å². The van der Waals surface area contributed by atoms with Crippen LogP contribution >= 0.6 is 0 Å². The molecule has 0 bridgehead atoms. The average molecular weight is 221 g/mol. The lowest BCUT2D eigenvalue weighted by Crippen LogP contribution is -1.77. The van der Waals surface area contributed by atoms with Gasteiger partial charge in [0, 0.05) is 0 Å². The molecule has 0 saturated carbocycles. The topological polar surface area (TPSA) is 9.23 Å². The first-order chi connectivity index (χ1) is 7.91. The van der Waals surface area contributed by atoms with E-state index in [0.717, 1.165) is 0 Å². The van der Waals surface area contributed by atoms with Crippen LogP contribution in [0.5, 0.6) is 0 Å². The molecule has 0 atom stereocenters. The van der Waals surface area contributed by atoms with Crippen molar-refractivity contribution in [1.82, 2.24) is 0 Å². The minimum Gasteiger partial charge on any atom is -0.498 e. The molecule has 0 aromatic rings. The van der Waals surface area contributed by atoms with Gasteiger partial charge < -0.3 is 4.74 Å². The molecule has 0 amide bonds. The summed E-state index contributed by atoms with van der Waals surface area (Å²) >= 11 is 0. The van der Waals surface area contributed by atoms with E-state index in [1.54, 1.807) is 6.26 Å². The lowest BCUT2D eigenvalue weighted by atomic mass is 10.1. The number of ether oxygens (including phenoxy) is 1. The minimum atomic E-state index is 1.19. The quantitative estimate of drug-likeness (QED) is 0.281. The van der Waals surface area contributed by atoms with Crippen LogP contribution in [-0.2, 0) is 4.74 Å². The summed E-state index contributed by atoms with van der Waals surface area (Å²) in [4.78, 5) is 0. The number of hydrogen-bond donors (Lipinski definition) is 0.